The smallest absolute Gasteiger partial charge is 0.311 e. The van der Waals surface area contributed by atoms with Crippen LogP contribution in [0.1, 0.15) is 109 Å². The quantitative estimate of drug-likeness (QED) is 0.0846. The molecule has 0 bridgehead atoms. The number of hydrogen-bond acceptors (Lipinski definition) is 9. The summed E-state index contributed by atoms with van der Waals surface area (Å²) in [4.78, 5) is 30.6. The predicted octanol–water partition coefficient (Wildman–Crippen LogP) is 8.55. The van der Waals surface area contributed by atoms with Gasteiger partial charge in [0.15, 0.2) is 11.8 Å². The molecule has 0 saturated carbocycles. The molecule has 1 aromatic carbocycles. The lowest BCUT2D eigenvalue weighted by atomic mass is 10.0. The van der Waals surface area contributed by atoms with Crippen LogP contribution in [-0.4, -0.2) is 66.4 Å². The van der Waals surface area contributed by atoms with Crippen molar-refractivity contribution in [3.05, 3.63) is 47.6 Å². The molecule has 3 rings (SSSR count). The van der Waals surface area contributed by atoms with Crippen molar-refractivity contribution in [2.45, 2.75) is 115 Å². The summed E-state index contributed by atoms with van der Waals surface area (Å²) in [6, 6.07) is 3.51. The number of nitrogens with one attached hydrogen (secondary N) is 2. The zero-order chi connectivity index (χ0) is 37.4. The highest BCUT2D eigenvalue weighted by atomic mass is 79.9. The molecule has 11 nitrogen and oxygen atoms in total. The Morgan fingerprint density at radius 3 is 2.24 bits per heavy atom. The molecule has 3 atom stereocenters. The fourth-order valence-electron chi connectivity index (χ4n) is 5.64. The number of methoxy groups -OCH3 is 1. The predicted molar refractivity (Wildman–Crippen MR) is 211 cm³/mol. The molecular formula is C36H51Br4N3O8. The highest BCUT2D eigenvalue weighted by Crippen LogP contribution is 2.41. The van der Waals surface area contributed by atoms with Crippen molar-refractivity contribution >= 4 is 81.2 Å². The van der Waals surface area contributed by atoms with E-state index in [0.717, 1.165) is 25.2 Å². The van der Waals surface area contributed by atoms with Gasteiger partial charge in [-0.25, -0.2) is 0 Å². The second-order valence-corrected chi connectivity index (χ2v) is 16.7. The van der Waals surface area contributed by atoms with Crippen molar-refractivity contribution in [3.8, 4) is 5.75 Å². The van der Waals surface area contributed by atoms with Gasteiger partial charge in [-0.05, 0) is 84.2 Å². The summed E-state index contributed by atoms with van der Waals surface area (Å²) >= 11 is 13.8. The van der Waals surface area contributed by atoms with E-state index in [9.17, 15) is 19.8 Å². The Labute approximate surface area is 335 Å². The molecule has 2 aliphatic rings. The normalized spacial score (nSPS) is 19.2. The van der Waals surface area contributed by atoms with Gasteiger partial charge in [-0.1, -0.05) is 92.7 Å². The SMILES string of the molecule is COC1=C(Br)CC2(OC=C1Br)ON=C(C(=O)NCCCOc1c(Br)cc(C(O)CNC(=O)CCCCCCCCCCCC(C)C)cc1Br)[C@@H]2O. The number of allylic oxidation sites excluding steroid dienone is 1. The fourth-order valence-corrected chi connectivity index (χ4v) is 8.61. The highest BCUT2D eigenvalue weighted by molar-refractivity contribution is 9.12. The Bertz CT molecular complexity index is 1380. The van der Waals surface area contributed by atoms with E-state index in [-0.39, 0.29) is 37.7 Å². The number of nitrogens with zero attached hydrogens (tertiary/aromatic N) is 1. The summed E-state index contributed by atoms with van der Waals surface area (Å²) < 4.78 is 19.3. The van der Waals surface area contributed by atoms with Gasteiger partial charge in [-0.2, -0.15) is 0 Å². The summed E-state index contributed by atoms with van der Waals surface area (Å²) in [6.07, 6.45) is 12.1. The lowest BCUT2D eigenvalue weighted by Crippen LogP contribution is -2.49. The Morgan fingerprint density at radius 1 is 0.980 bits per heavy atom. The van der Waals surface area contributed by atoms with Crippen LogP contribution < -0.4 is 15.4 Å². The van der Waals surface area contributed by atoms with Crippen molar-refractivity contribution in [2.24, 2.45) is 11.1 Å². The van der Waals surface area contributed by atoms with Crippen LogP contribution >= 0.6 is 63.7 Å². The third-order valence-corrected chi connectivity index (χ3v) is 10.9. The summed E-state index contributed by atoms with van der Waals surface area (Å²) in [5.74, 6) is -0.465. The fraction of sp³-hybridized carbons (Fsp3) is 0.639. The van der Waals surface area contributed by atoms with E-state index < -0.39 is 23.9 Å². The summed E-state index contributed by atoms with van der Waals surface area (Å²) in [5.41, 5.74) is 0.413. The minimum absolute atomic E-state index is 0.0460. The molecule has 0 fully saturated rings. The first-order valence-corrected chi connectivity index (χ1v) is 20.8. The van der Waals surface area contributed by atoms with Gasteiger partial charge in [0.2, 0.25) is 5.91 Å². The Morgan fingerprint density at radius 2 is 1.61 bits per heavy atom. The van der Waals surface area contributed by atoms with Gasteiger partial charge >= 0.3 is 5.79 Å². The topological polar surface area (TPSA) is 148 Å². The average molecular weight is 973 g/mol. The molecule has 2 aliphatic heterocycles. The largest absolute Gasteiger partial charge is 0.495 e. The number of amides is 2. The van der Waals surface area contributed by atoms with E-state index in [0.29, 0.717) is 47.8 Å². The monoisotopic (exact) mass is 969 g/mol. The third kappa shape index (κ3) is 13.9. The molecular weight excluding hydrogens is 922 g/mol. The second-order valence-electron chi connectivity index (χ2n) is 13.2. The number of unbranched alkanes of at least 4 members (excludes halogenated alkanes) is 8. The van der Waals surface area contributed by atoms with E-state index in [2.05, 4.69) is 93.4 Å². The molecule has 0 saturated heterocycles. The minimum Gasteiger partial charge on any atom is -0.495 e. The number of aliphatic hydroxyl groups is 2. The Kier molecular flexibility index (Phi) is 19.3. The van der Waals surface area contributed by atoms with Crippen molar-refractivity contribution in [3.63, 3.8) is 0 Å². The number of carbonyl (C=O) groups excluding carboxylic acids is 2. The maximum atomic E-state index is 12.8. The average Bonchev–Trinajstić information content (AvgIpc) is 3.33. The molecule has 1 aromatic rings. The number of benzene rings is 1. The number of ether oxygens (including phenoxy) is 3. The number of oxime groups is 1. The number of carbonyl (C=O) groups is 2. The highest BCUT2D eigenvalue weighted by Gasteiger charge is 2.54. The molecule has 286 valence electrons. The van der Waals surface area contributed by atoms with Gasteiger partial charge in [-0.15, -0.1) is 0 Å². The molecule has 1 spiro atoms. The van der Waals surface area contributed by atoms with Crippen LogP contribution in [0.3, 0.4) is 0 Å². The van der Waals surface area contributed by atoms with Gasteiger partial charge in [0, 0.05) is 24.0 Å². The molecule has 2 unspecified atom stereocenters. The van der Waals surface area contributed by atoms with Crippen LogP contribution in [0.5, 0.6) is 5.75 Å². The van der Waals surface area contributed by atoms with Gasteiger partial charge in [-0.3, -0.25) is 9.59 Å². The van der Waals surface area contributed by atoms with Crippen molar-refractivity contribution in [2.75, 3.05) is 26.8 Å². The van der Waals surface area contributed by atoms with Crippen LogP contribution in [0.15, 0.2) is 47.2 Å². The standard InChI is InChI=1S/C36H51Br4N3O8/c1-23(2)14-11-9-7-5-4-6-8-10-12-15-30(45)42-21-29(44)24-18-25(37)33(26(38)19-24)49-17-13-16-41-35(47)31-34(46)36(51-43-31)20-27(39)32(48-3)28(40)22-50-36/h18-19,22-23,29,34,44,46H,4-17,20-21H2,1-3H3,(H,41,47)(H,42,45)/t29?,34-,36?/m0/s1. The summed E-state index contributed by atoms with van der Waals surface area (Å²) in [7, 11) is 1.50. The van der Waals surface area contributed by atoms with Crippen LogP contribution in [0.4, 0.5) is 0 Å². The van der Waals surface area contributed by atoms with E-state index in [1.54, 1.807) is 12.1 Å². The van der Waals surface area contributed by atoms with Crippen LogP contribution in [-0.2, 0) is 23.9 Å². The van der Waals surface area contributed by atoms with E-state index in [1.165, 1.54) is 58.3 Å². The molecule has 15 heteroatoms. The van der Waals surface area contributed by atoms with E-state index in [4.69, 9.17) is 19.0 Å². The minimum atomic E-state index is -1.62. The first kappa shape index (κ1) is 43.8. The Balaban J connectivity index is 1.31. The number of halogens is 4. The third-order valence-electron chi connectivity index (χ3n) is 8.57. The maximum absolute atomic E-state index is 12.8. The first-order chi connectivity index (χ1) is 24.4. The number of hydrogen-bond donors (Lipinski definition) is 4. The van der Waals surface area contributed by atoms with Crippen LogP contribution in [0.25, 0.3) is 0 Å². The zero-order valence-electron chi connectivity index (χ0n) is 29.6. The zero-order valence-corrected chi connectivity index (χ0v) is 35.9. The lowest BCUT2D eigenvalue weighted by molar-refractivity contribution is -0.225. The maximum Gasteiger partial charge on any atom is 0.311 e. The molecule has 51 heavy (non-hydrogen) atoms. The molecule has 0 aromatic heterocycles. The molecule has 0 aliphatic carbocycles. The van der Waals surface area contributed by atoms with Crippen molar-refractivity contribution < 1.29 is 38.9 Å². The number of rotatable bonds is 22. The van der Waals surface area contributed by atoms with Crippen molar-refractivity contribution in [1.29, 1.82) is 0 Å². The van der Waals surface area contributed by atoms with E-state index in [1.807, 2.05) is 0 Å². The van der Waals surface area contributed by atoms with Crippen LogP contribution in [0.2, 0.25) is 0 Å². The summed E-state index contributed by atoms with van der Waals surface area (Å²) in [5, 5.41) is 31.0. The lowest BCUT2D eigenvalue weighted by Gasteiger charge is -2.27. The summed E-state index contributed by atoms with van der Waals surface area (Å²) in [6.45, 7) is 5.19. The molecule has 2 heterocycles. The van der Waals surface area contributed by atoms with Crippen LogP contribution in [0, 0.1) is 5.92 Å². The van der Waals surface area contributed by atoms with Crippen molar-refractivity contribution in [1.82, 2.24) is 10.6 Å². The number of aliphatic hydroxyl groups excluding tert-OH is 2. The van der Waals surface area contributed by atoms with Gasteiger partial charge in [0.25, 0.3) is 5.91 Å². The van der Waals surface area contributed by atoms with Gasteiger partial charge in [0.1, 0.15) is 17.8 Å². The second kappa shape index (κ2) is 22.5. The van der Waals surface area contributed by atoms with E-state index >= 15 is 0 Å². The molecule has 4 N–H and O–H groups in total. The Hall–Kier alpha value is -1.65. The van der Waals surface area contributed by atoms with Gasteiger partial charge in [0.05, 0.1) is 39.7 Å². The molecule has 0 radical (unpaired) electrons. The molecule has 2 amide bonds. The first-order valence-electron chi connectivity index (χ1n) is 17.6. The van der Waals surface area contributed by atoms with Gasteiger partial charge < -0.3 is 39.9 Å².